The van der Waals surface area contributed by atoms with Gasteiger partial charge in [0, 0.05) is 18.5 Å². The van der Waals surface area contributed by atoms with Gasteiger partial charge in [-0.3, -0.25) is 9.59 Å². The normalized spacial score (nSPS) is 38.2. The minimum Gasteiger partial charge on any atom is -0.354 e. The number of fused-ring (bicyclic) bond motifs is 2. The molecular weight excluding hydrogens is 302 g/mol. The molecule has 2 saturated carbocycles. The van der Waals surface area contributed by atoms with Crippen LogP contribution in [0.2, 0.25) is 0 Å². The van der Waals surface area contributed by atoms with Crippen molar-refractivity contribution >= 4 is 24.2 Å². The molecular formula is C16H28ClN3O2. The highest BCUT2D eigenvalue weighted by molar-refractivity contribution is 5.88. The highest BCUT2D eigenvalue weighted by atomic mass is 35.5. The molecule has 3 atom stereocenters. The van der Waals surface area contributed by atoms with Gasteiger partial charge in [0.1, 0.15) is 6.04 Å². The highest BCUT2D eigenvalue weighted by Crippen LogP contribution is 2.41. The summed E-state index contributed by atoms with van der Waals surface area (Å²) in [4.78, 5) is 24.5. The lowest BCUT2D eigenvalue weighted by atomic mass is 9.65. The van der Waals surface area contributed by atoms with Gasteiger partial charge in [0.25, 0.3) is 0 Å². The third-order valence-electron chi connectivity index (χ3n) is 5.64. The lowest BCUT2D eigenvalue weighted by Gasteiger charge is -2.43. The van der Waals surface area contributed by atoms with Gasteiger partial charge in [0.05, 0.1) is 0 Å². The number of carbonyl (C=O) groups excluding carboxylic acids is 2. The Bertz CT molecular complexity index is 404. The first-order valence-electron chi connectivity index (χ1n) is 8.49. The molecule has 6 heteroatoms. The van der Waals surface area contributed by atoms with Crippen LogP contribution >= 0.6 is 12.4 Å². The summed E-state index contributed by atoms with van der Waals surface area (Å²) in [7, 11) is 0. The van der Waals surface area contributed by atoms with Gasteiger partial charge in [0.2, 0.25) is 11.8 Å². The van der Waals surface area contributed by atoms with Gasteiger partial charge in [-0.05, 0) is 56.8 Å². The topological polar surface area (TPSA) is 84.2 Å². The van der Waals surface area contributed by atoms with Crippen LogP contribution in [0.1, 0.15) is 51.4 Å². The van der Waals surface area contributed by atoms with Crippen molar-refractivity contribution in [1.29, 1.82) is 0 Å². The van der Waals surface area contributed by atoms with Crippen molar-refractivity contribution in [3.63, 3.8) is 0 Å². The number of hydrogen-bond donors (Lipinski definition) is 3. The molecule has 0 spiro atoms. The summed E-state index contributed by atoms with van der Waals surface area (Å²) in [5.74, 6) is 1.10. The van der Waals surface area contributed by atoms with Crippen LogP contribution < -0.4 is 16.4 Å². The van der Waals surface area contributed by atoms with E-state index in [9.17, 15) is 9.59 Å². The van der Waals surface area contributed by atoms with Gasteiger partial charge in [0.15, 0.2) is 0 Å². The Morgan fingerprint density at radius 1 is 1.09 bits per heavy atom. The zero-order valence-electron chi connectivity index (χ0n) is 13.1. The fourth-order valence-electron chi connectivity index (χ4n) is 4.37. The van der Waals surface area contributed by atoms with E-state index in [2.05, 4.69) is 10.6 Å². The molecule has 3 unspecified atom stereocenters. The molecule has 2 amide bonds. The number of amides is 2. The summed E-state index contributed by atoms with van der Waals surface area (Å²) >= 11 is 0. The predicted molar refractivity (Wildman–Crippen MR) is 87.6 cm³/mol. The molecule has 1 saturated heterocycles. The Morgan fingerprint density at radius 2 is 1.77 bits per heavy atom. The molecule has 22 heavy (non-hydrogen) atoms. The molecule has 0 aromatic carbocycles. The molecule has 4 N–H and O–H groups in total. The maximum atomic E-state index is 12.5. The second-order valence-electron chi connectivity index (χ2n) is 7.04. The minimum atomic E-state index is -0.338. The maximum Gasteiger partial charge on any atom is 0.242 e. The van der Waals surface area contributed by atoms with E-state index in [1.165, 1.54) is 6.42 Å². The summed E-state index contributed by atoms with van der Waals surface area (Å²) in [6, 6.07) is -0.0561. The van der Waals surface area contributed by atoms with E-state index in [0.717, 1.165) is 51.5 Å². The lowest BCUT2D eigenvalue weighted by molar-refractivity contribution is -0.133. The zero-order chi connectivity index (χ0) is 14.8. The largest absolute Gasteiger partial charge is 0.354 e. The number of nitrogens with one attached hydrogen (secondary N) is 2. The molecule has 0 aromatic rings. The van der Waals surface area contributed by atoms with E-state index < -0.39 is 0 Å². The van der Waals surface area contributed by atoms with E-state index in [4.69, 9.17) is 5.73 Å². The second-order valence-corrected chi connectivity index (χ2v) is 7.04. The summed E-state index contributed by atoms with van der Waals surface area (Å²) in [6.07, 6.45) is 8.12. The van der Waals surface area contributed by atoms with Crippen LogP contribution in [0.3, 0.4) is 0 Å². The Hall–Kier alpha value is -0.810. The van der Waals surface area contributed by atoms with Crippen molar-refractivity contribution in [1.82, 2.24) is 10.6 Å². The van der Waals surface area contributed by atoms with Gasteiger partial charge in [-0.2, -0.15) is 0 Å². The van der Waals surface area contributed by atoms with E-state index in [0.29, 0.717) is 11.8 Å². The smallest absolute Gasteiger partial charge is 0.242 e. The first-order valence-corrected chi connectivity index (χ1v) is 8.49. The number of rotatable bonds is 2. The average molecular weight is 330 g/mol. The Labute approximate surface area is 138 Å². The molecule has 3 aliphatic rings. The standard InChI is InChI=1S/C16H27N3O2.ClH/c17-14-10-4-3-5-11(14)9-12(8-10)15(20)19-13-6-1-2-7-18-16(13)21;/h10-14H,1-9,17H2,(H,18,21)(H,19,20);1H. The Kier molecular flexibility index (Phi) is 6.09. The summed E-state index contributed by atoms with van der Waals surface area (Å²) in [5.41, 5.74) is 6.28. The van der Waals surface area contributed by atoms with E-state index in [1.54, 1.807) is 0 Å². The molecule has 1 heterocycles. The predicted octanol–water partition coefficient (Wildman–Crippen LogP) is 1.35. The van der Waals surface area contributed by atoms with Crippen LogP contribution in [0.15, 0.2) is 0 Å². The van der Waals surface area contributed by atoms with Crippen LogP contribution in [0, 0.1) is 17.8 Å². The fourth-order valence-corrected chi connectivity index (χ4v) is 4.37. The Balaban J connectivity index is 0.00000176. The number of nitrogens with two attached hydrogens (primary N) is 1. The fraction of sp³-hybridized carbons (Fsp3) is 0.875. The van der Waals surface area contributed by atoms with Gasteiger partial charge >= 0.3 is 0 Å². The van der Waals surface area contributed by atoms with Crippen molar-refractivity contribution in [3.05, 3.63) is 0 Å². The second kappa shape index (κ2) is 7.64. The van der Waals surface area contributed by atoms with Gasteiger partial charge in [-0.15, -0.1) is 12.4 Å². The van der Waals surface area contributed by atoms with Crippen molar-refractivity contribution in [2.75, 3.05) is 6.54 Å². The Morgan fingerprint density at radius 3 is 2.45 bits per heavy atom. The van der Waals surface area contributed by atoms with Crippen molar-refractivity contribution < 1.29 is 9.59 Å². The van der Waals surface area contributed by atoms with Gasteiger partial charge < -0.3 is 16.4 Å². The van der Waals surface area contributed by atoms with Gasteiger partial charge in [-0.1, -0.05) is 6.42 Å². The SMILES string of the molecule is Cl.NC1C2CCCC1CC(C(=O)NC1CCCCNC1=O)C2. The average Bonchev–Trinajstić information content (AvgIpc) is 2.64. The maximum absolute atomic E-state index is 12.5. The molecule has 0 aromatic heterocycles. The number of carbonyl (C=O) groups is 2. The molecule has 3 rings (SSSR count). The van der Waals surface area contributed by atoms with Crippen molar-refractivity contribution in [2.45, 2.75) is 63.5 Å². The highest BCUT2D eigenvalue weighted by Gasteiger charge is 2.41. The molecule has 5 nitrogen and oxygen atoms in total. The molecule has 0 radical (unpaired) electrons. The van der Waals surface area contributed by atoms with Gasteiger partial charge in [-0.25, -0.2) is 0 Å². The van der Waals surface area contributed by atoms with Crippen LogP contribution in [0.5, 0.6) is 0 Å². The van der Waals surface area contributed by atoms with E-state index >= 15 is 0 Å². The molecule has 2 aliphatic carbocycles. The van der Waals surface area contributed by atoms with Crippen LogP contribution in [-0.2, 0) is 9.59 Å². The van der Waals surface area contributed by atoms with Crippen molar-refractivity contribution in [2.24, 2.45) is 23.5 Å². The monoisotopic (exact) mass is 329 g/mol. The first-order chi connectivity index (χ1) is 10.1. The quantitative estimate of drug-likeness (QED) is 0.715. The summed E-state index contributed by atoms with van der Waals surface area (Å²) in [5, 5.41) is 5.87. The van der Waals surface area contributed by atoms with E-state index in [-0.39, 0.29) is 42.2 Å². The number of halogens is 1. The molecule has 3 fully saturated rings. The van der Waals surface area contributed by atoms with Crippen LogP contribution in [-0.4, -0.2) is 30.4 Å². The lowest BCUT2D eigenvalue weighted by Crippen LogP contribution is -2.52. The van der Waals surface area contributed by atoms with Crippen LogP contribution in [0.4, 0.5) is 0 Å². The first kappa shape index (κ1) is 17.5. The summed E-state index contributed by atoms with van der Waals surface area (Å²) in [6.45, 7) is 0.730. The molecule has 2 bridgehead atoms. The summed E-state index contributed by atoms with van der Waals surface area (Å²) < 4.78 is 0. The molecule has 1 aliphatic heterocycles. The minimum absolute atomic E-state index is 0. The third kappa shape index (κ3) is 3.74. The van der Waals surface area contributed by atoms with E-state index in [1.807, 2.05) is 0 Å². The number of hydrogen-bond acceptors (Lipinski definition) is 3. The van der Waals surface area contributed by atoms with Crippen LogP contribution in [0.25, 0.3) is 0 Å². The molecule has 126 valence electrons. The van der Waals surface area contributed by atoms with Crippen molar-refractivity contribution in [3.8, 4) is 0 Å². The third-order valence-corrected chi connectivity index (χ3v) is 5.64. The zero-order valence-corrected chi connectivity index (χ0v) is 13.9.